The molecule has 1 aliphatic heterocycles. The molecule has 0 bridgehead atoms. The standard InChI is InChI=1S/C12H15F2NO/c13-12(14)16-11-7-2-1-5-9(11)10-6-3-4-8-15-10/h1-2,5,7,10,12,15H,3-4,6,8H2. The van der Waals surface area contributed by atoms with E-state index in [-0.39, 0.29) is 11.8 Å². The van der Waals surface area contributed by atoms with Gasteiger partial charge in [-0.1, -0.05) is 24.6 Å². The van der Waals surface area contributed by atoms with Crippen LogP contribution in [0.1, 0.15) is 30.9 Å². The summed E-state index contributed by atoms with van der Waals surface area (Å²) in [6.45, 7) is -1.82. The number of alkyl halides is 2. The molecule has 1 saturated heterocycles. The summed E-state index contributed by atoms with van der Waals surface area (Å²) in [6.07, 6.45) is 3.25. The molecule has 0 saturated carbocycles. The normalized spacial score (nSPS) is 21.1. The van der Waals surface area contributed by atoms with Gasteiger partial charge in [0.15, 0.2) is 0 Å². The van der Waals surface area contributed by atoms with Crippen molar-refractivity contribution in [1.29, 1.82) is 0 Å². The number of ether oxygens (including phenoxy) is 1. The molecular weight excluding hydrogens is 212 g/mol. The number of hydrogen-bond acceptors (Lipinski definition) is 2. The SMILES string of the molecule is FC(F)Oc1ccccc1C1CCCCN1. The van der Waals surface area contributed by atoms with E-state index in [0.29, 0.717) is 0 Å². The largest absolute Gasteiger partial charge is 0.434 e. The maximum atomic E-state index is 12.2. The maximum Gasteiger partial charge on any atom is 0.387 e. The van der Waals surface area contributed by atoms with Crippen LogP contribution in [0.15, 0.2) is 24.3 Å². The molecule has 1 unspecified atom stereocenters. The van der Waals surface area contributed by atoms with Gasteiger partial charge in [0, 0.05) is 11.6 Å². The van der Waals surface area contributed by atoms with Crippen LogP contribution in [0.4, 0.5) is 8.78 Å². The summed E-state index contributed by atoms with van der Waals surface area (Å²) in [5, 5.41) is 3.32. The molecule has 0 spiro atoms. The van der Waals surface area contributed by atoms with Gasteiger partial charge in [0.05, 0.1) is 0 Å². The van der Waals surface area contributed by atoms with Crippen LogP contribution in [0.5, 0.6) is 5.75 Å². The van der Waals surface area contributed by atoms with Crippen LogP contribution in [0.3, 0.4) is 0 Å². The van der Waals surface area contributed by atoms with Gasteiger partial charge in [0.1, 0.15) is 5.75 Å². The van der Waals surface area contributed by atoms with Crippen molar-refractivity contribution in [2.75, 3.05) is 6.54 Å². The van der Waals surface area contributed by atoms with Gasteiger partial charge in [0.25, 0.3) is 0 Å². The fourth-order valence-electron chi connectivity index (χ4n) is 2.09. The van der Waals surface area contributed by atoms with Crippen LogP contribution in [0.25, 0.3) is 0 Å². The van der Waals surface area contributed by atoms with Gasteiger partial charge in [-0.2, -0.15) is 8.78 Å². The molecule has 1 heterocycles. The lowest BCUT2D eigenvalue weighted by atomic mass is 9.97. The molecule has 1 aromatic carbocycles. The second-order valence-electron chi connectivity index (χ2n) is 3.92. The first-order valence-electron chi connectivity index (χ1n) is 5.54. The minimum Gasteiger partial charge on any atom is -0.434 e. The van der Waals surface area contributed by atoms with Crippen LogP contribution in [-0.2, 0) is 0 Å². The molecule has 4 heteroatoms. The monoisotopic (exact) mass is 227 g/mol. The van der Waals surface area contributed by atoms with Gasteiger partial charge >= 0.3 is 6.61 Å². The molecule has 1 aliphatic rings. The van der Waals surface area contributed by atoms with Crippen molar-refractivity contribution in [2.45, 2.75) is 31.9 Å². The summed E-state index contributed by atoms with van der Waals surface area (Å²) in [5.41, 5.74) is 0.836. The minimum absolute atomic E-state index is 0.142. The lowest BCUT2D eigenvalue weighted by Crippen LogP contribution is -2.27. The third-order valence-corrected chi connectivity index (χ3v) is 2.82. The van der Waals surface area contributed by atoms with Gasteiger partial charge in [-0.05, 0) is 25.5 Å². The molecule has 1 atom stereocenters. The van der Waals surface area contributed by atoms with Crippen LogP contribution in [0.2, 0.25) is 0 Å². The molecule has 2 nitrogen and oxygen atoms in total. The van der Waals surface area contributed by atoms with Crippen molar-refractivity contribution in [3.05, 3.63) is 29.8 Å². The summed E-state index contributed by atoms with van der Waals surface area (Å²) < 4.78 is 29.0. The Labute approximate surface area is 93.6 Å². The minimum atomic E-state index is -2.76. The molecule has 1 aromatic rings. The van der Waals surface area contributed by atoms with E-state index in [2.05, 4.69) is 10.1 Å². The average Bonchev–Trinajstić information content (AvgIpc) is 2.30. The molecule has 16 heavy (non-hydrogen) atoms. The van der Waals surface area contributed by atoms with E-state index in [0.717, 1.165) is 31.4 Å². The second-order valence-corrected chi connectivity index (χ2v) is 3.92. The molecule has 1 N–H and O–H groups in total. The maximum absolute atomic E-state index is 12.2. The van der Waals surface area contributed by atoms with Gasteiger partial charge < -0.3 is 10.1 Å². The van der Waals surface area contributed by atoms with E-state index in [1.54, 1.807) is 12.1 Å². The molecule has 1 fully saturated rings. The summed E-state index contributed by atoms with van der Waals surface area (Å²) in [6, 6.07) is 7.15. The smallest absolute Gasteiger partial charge is 0.387 e. The third-order valence-electron chi connectivity index (χ3n) is 2.82. The number of hydrogen-bond donors (Lipinski definition) is 1. The van der Waals surface area contributed by atoms with Crippen LogP contribution >= 0.6 is 0 Å². The summed E-state index contributed by atoms with van der Waals surface area (Å²) in [7, 11) is 0. The zero-order valence-electron chi connectivity index (χ0n) is 8.96. The lowest BCUT2D eigenvalue weighted by Gasteiger charge is -2.25. The zero-order valence-corrected chi connectivity index (χ0v) is 8.96. The molecule has 0 radical (unpaired) electrons. The Bertz CT molecular complexity index is 338. The van der Waals surface area contributed by atoms with E-state index in [4.69, 9.17) is 0 Å². The number of nitrogens with one attached hydrogen (secondary N) is 1. The number of para-hydroxylation sites is 1. The topological polar surface area (TPSA) is 21.3 Å². The Balaban J connectivity index is 2.17. The highest BCUT2D eigenvalue weighted by molar-refractivity contribution is 5.36. The predicted molar refractivity (Wildman–Crippen MR) is 57.7 cm³/mol. The van der Waals surface area contributed by atoms with Crippen molar-refractivity contribution in [3.63, 3.8) is 0 Å². The quantitative estimate of drug-likeness (QED) is 0.856. The first-order valence-corrected chi connectivity index (χ1v) is 5.54. The Morgan fingerprint density at radius 3 is 2.75 bits per heavy atom. The van der Waals surface area contributed by atoms with Crippen LogP contribution in [0, 0.1) is 0 Å². The average molecular weight is 227 g/mol. The van der Waals surface area contributed by atoms with E-state index < -0.39 is 6.61 Å². The molecule has 2 rings (SSSR count). The second kappa shape index (κ2) is 5.25. The molecule has 88 valence electrons. The van der Waals surface area contributed by atoms with Crippen molar-refractivity contribution >= 4 is 0 Å². The van der Waals surface area contributed by atoms with Gasteiger partial charge in [0.2, 0.25) is 0 Å². The number of halogens is 2. The van der Waals surface area contributed by atoms with Gasteiger partial charge in [-0.15, -0.1) is 0 Å². The van der Waals surface area contributed by atoms with Crippen molar-refractivity contribution < 1.29 is 13.5 Å². The van der Waals surface area contributed by atoms with Crippen molar-refractivity contribution in [3.8, 4) is 5.75 Å². The van der Waals surface area contributed by atoms with E-state index in [9.17, 15) is 8.78 Å². The fraction of sp³-hybridized carbons (Fsp3) is 0.500. The van der Waals surface area contributed by atoms with Gasteiger partial charge in [-0.3, -0.25) is 0 Å². The van der Waals surface area contributed by atoms with Crippen molar-refractivity contribution in [1.82, 2.24) is 5.32 Å². The van der Waals surface area contributed by atoms with Crippen LogP contribution in [-0.4, -0.2) is 13.2 Å². The Morgan fingerprint density at radius 1 is 1.25 bits per heavy atom. The van der Waals surface area contributed by atoms with Crippen molar-refractivity contribution in [2.24, 2.45) is 0 Å². The van der Waals surface area contributed by atoms with E-state index in [1.165, 1.54) is 0 Å². The number of rotatable bonds is 3. The van der Waals surface area contributed by atoms with Crippen LogP contribution < -0.4 is 10.1 Å². The van der Waals surface area contributed by atoms with E-state index >= 15 is 0 Å². The zero-order chi connectivity index (χ0) is 11.4. The van der Waals surface area contributed by atoms with E-state index in [1.807, 2.05) is 12.1 Å². The number of benzene rings is 1. The van der Waals surface area contributed by atoms with Gasteiger partial charge in [-0.25, -0.2) is 0 Å². The first kappa shape index (κ1) is 11.3. The first-order chi connectivity index (χ1) is 7.77. The Kier molecular flexibility index (Phi) is 3.72. The number of piperidine rings is 1. The summed E-state index contributed by atoms with van der Waals surface area (Å²) in [5.74, 6) is 0.289. The highest BCUT2D eigenvalue weighted by Gasteiger charge is 2.19. The molecule has 0 aliphatic carbocycles. The summed E-state index contributed by atoms with van der Waals surface area (Å²) in [4.78, 5) is 0. The highest BCUT2D eigenvalue weighted by atomic mass is 19.3. The molecular formula is C12H15F2NO. The fourth-order valence-corrected chi connectivity index (χ4v) is 2.09. The lowest BCUT2D eigenvalue weighted by molar-refractivity contribution is -0.0507. The summed E-state index contributed by atoms with van der Waals surface area (Å²) >= 11 is 0. The highest BCUT2D eigenvalue weighted by Crippen LogP contribution is 2.31. The molecule has 0 aromatic heterocycles. The predicted octanol–water partition coefficient (Wildman–Crippen LogP) is 3.10. The molecule has 0 amide bonds. The Morgan fingerprint density at radius 2 is 2.06 bits per heavy atom. The Hall–Kier alpha value is -1.16. The third kappa shape index (κ3) is 2.70.